The van der Waals surface area contributed by atoms with Gasteiger partial charge in [0.05, 0.1) is 20.3 Å². The van der Waals surface area contributed by atoms with Crippen molar-refractivity contribution in [3.8, 4) is 0 Å². The number of alkyl carbamates (subject to hydrolysis) is 1. The maximum absolute atomic E-state index is 11.7. The van der Waals surface area contributed by atoms with Gasteiger partial charge in [0, 0.05) is 5.92 Å². The van der Waals surface area contributed by atoms with Crippen LogP contribution in [-0.2, 0) is 25.6 Å². The first-order valence-electron chi connectivity index (χ1n) is 6.33. The molecule has 1 aliphatic rings. The van der Waals surface area contributed by atoms with Crippen molar-refractivity contribution >= 4 is 12.1 Å². The number of benzene rings is 1. The highest BCUT2D eigenvalue weighted by Gasteiger charge is 2.36. The van der Waals surface area contributed by atoms with Crippen molar-refractivity contribution in [2.45, 2.75) is 12.6 Å². The lowest BCUT2D eigenvalue weighted by molar-refractivity contribution is -0.150. The van der Waals surface area contributed by atoms with Gasteiger partial charge in [-0.05, 0) is 5.56 Å². The van der Waals surface area contributed by atoms with Gasteiger partial charge in [0.25, 0.3) is 0 Å². The van der Waals surface area contributed by atoms with Crippen LogP contribution in [0, 0.1) is 5.92 Å². The molecule has 1 heterocycles. The van der Waals surface area contributed by atoms with Crippen LogP contribution in [0.1, 0.15) is 5.56 Å². The van der Waals surface area contributed by atoms with E-state index in [1.165, 1.54) is 7.11 Å². The smallest absolute Gasteiger partial charge is 0.408 e. The van der Waals surface area contributed by atoms with Crippen LogP contribution in [-0.4, -0.2) is 38.4 Å². The van der Waals surface area contributed by atoms with E-state index in [9.17, 15) is 9.59 Å². The molecule has 1 saturated heterocycles. The van der Waals surface area contributed by atoms with Crippen LogP contribution < -0.4 is 5.32 Å². The Labute approximate surface area is 117 Å². The number of hydrogen-bond acceptors (Lipinski definition) is 5. The van der Waals surface area contributed by atoms with Crippen molar-refractivity contribution in [2.75, 3.05) is 20.3 Å². The summed E-state index contributed by atoms with van der Waals surface area (Å²) < 4.78 is 14.8. The summed E-state index contributed by atoms with van der Waals surface area (Å²) in [6.07, 6.45) is -0.642. The average Bonchev–Trinajstić information content (AvgIpc) is 2.43. The van der Waals surface area contributed by atoms with E-state index in [4.69, 9.17) is 9.47 Å². The molecule has 1 aromatic rings. The van der Waals surface area contributed by atoms with Crippen LogP contribution in [0.15, 0.2) is 30.3 Å². The Hall–Kier alpha value is -2.08. The van der Waals surface area contributed by atoms with Gasteiger partial charge in [-0.1, -0.05) is 30.3 Å². The predicted molar refractivity (Wildman–Crippen MR) is 69.9 cm³/mol. The highest BCUT2D eigenvalue weighted by molar-refractivity contribution is 5.81. The summed E-state index contributed by atoms with van der Waals surface area (Å²) in [6, 6.07) is 8.58. The van der Waals surface area contributed by atoms with Crippen molar-refractivity contribution in [3.63, 3.8) is 0 Å². The van der Waals surface area contributed by atoms with Crippen molar-refractivity contribution in [1.29, 1.82) is 0 Å². The highest BCUT2D eigenvalue weighted by Crippen LogP contribution is 2.16. The summed E-state index contributed by atoms with van der Waals surface area (Å²) in [4.78, 5) is 23.3. The lowest BCUT2D eigenvalue weighted by Gasteiger charge is -2.31. The minimum Gasteiger partial charge on any atom is -0.467 e. The minimum atomic E-state index is -0.725. The molecule has 1 amide bonds. The molecule has 0 bridgehead atoms. The Balaban J connectivity index is 1.83. The van der Waals surface area contributed by atoms with E-state index in [0.717, 1.165) is 5.56 Å². The van der Waals surface area contributed by atoms with Crippen molar-refractivity contribution in [1.82, 2.24) is 5.32 Å². The lowest BCUT2D eigenvalue weighted by Crippen LogP contribution is -2.53. The van der Waals surface area contributed by atoms with Crippen molar-refractivity contribution in [3.05, 3.63) is 35.9 Å². The molecule has 6 nitrogen and oxygen atoms in total. The van der Waals surface area contributed by atoms with Crippen LogP contribution in [0.2, 0.25) is 0 Å². The quantitative estimate of drug-likeness (QED) is 0.817. The molecule has 0 spiro atoms. The molecule has 6 heteroatoms. The fraction of sp³-hybridized carbons (Fsp3) is 0.429. The molecule has 20 heavy (non-hydrogen) atoms. The Morgan fingerprint density at radius 2 is 2.05 bits per heavy atom. The zero-order chi connectivity index (χ0) is 14.4. The molecule has 1 aliphatic heterocycles. The number of carbonyl (C=O) groups is 2. The first-order chi connectivity index (χ1) is 9.70. The van der Waals surface area contributed by atoms with E-state index in [2.05, 4.69) is 10.1 Å². The third kappa shape index (κ3) is 3.71. The van der Waals surface area contributed by atoms with E-state index in [1.807, 2.05) is 30.3 Å². The number of hydrogen-bond donors (Lipinski definition) is 1. The number of nitrogens with one attached hydrogen (secondary N) is 1. The molecule has 0 radical (unpaired) electrons. The molecular formula is C14H17NO5. The maximum atomic E-state index is 11.7. The molecule has 1 unspecified atom stereocenters. The van der Waals surface area contributed by atoms with Crippen LogP contribution in [0.3, 0.4) is 0 Å². The van der Waals surface area contributed by atoms with Gasteiger partial charge in [-0.15, -0.1) is 0 Å². The average molecular weight is 279 g/mol. The van der Waals surface area contributed by atoms with Crippen molar-refractivity contribution < 1.29 is 23.8 Å². The SMILES string of the molecule is COC(=O)C(NC(=O)OCc1ccccc1)C1COC1. The number of ether oxygens (including phenoxy) is 3. The monoisotopic (exact) mass is 279 g/mol. The summed E-state index contributed by atoms with van der Waals surface area (Å²) >= 11 is 0. The van der Waals surface area contributed by atoms with Gasteiger partial charge in [0.1, 0.15) is 12.6 Å². The summed E-state index contributed by atoms with van der Waals surface area (Å²) in [6.45, 7) is 1.01. The summed E-state index contributed by atoms with van der Waals surface area (Å²) in [7, 11) is 1.28. The van der Waals surface area contributed by atoms with Gasteiger partial charge in [-0.2, -0.15) is 0 Å². The molecule has 0 saturated carbocycles. The highest BCUT2D eigenvalue weighted by atomic mass is 16.6. The zero-order valence-electron chi connectivity index (χ0n) is 11.2. The zero-order valence-corrected chi connectivity index (χ0v) is 11.2. The van der Waals surface area contributed by atoms with Crippen molar-refractivity contribution in [2.24, 2.45) is 5.92 Å². The van der Waals surface area contributed by atoms with Gasteiger partial charge in [-0.3, -0.25) is 0 Å². The number of methoxy groups -OCH3 is 1. The molecular weight excluding hydrogens is 262 g/mol. The van der Waals surface area contributed by atoms with Gasteiger partial charge < -0.3 is 19.5 Å². The van der Waals surface area contributed by atoms with Gasteiger partial charge in [0.2, 0.25) is 0 Å². The van der Waals surface area contributed by atoms with E-state index in [-0.39, 0.29) is 12.5 Å². The second kappa shape index (κ2) is 6.91. The molecule has 0 aliphatic carbocycles. The number of carbonyl (C=O) groups excluding carboxylic acids is 2. The first-order valence-corrected chi connectivity index (χ1v) is 6.33. The summed E-state index contributed by atoms with van der Waals surface area (Å²) in [5, 5.41) is 2.52. The first kappa shape index (κ1) is 14.3. The van der Waals surface area contributed by atoms with Crippen LogP contribution in [0.4, 0.5) is 4.79 Å². The molecule has 1 aromatic carbocycles. The molecule has 1 N–H and O–H groups in total. The van der Waals surface area contributed by atoms with E-state index < -0.39 is 18.1 Å². The Morgan fingerprint density at radius 3 is 2.60 bits per heavy atom. The Bertz CT molecular complexity index is 458. The second-order valence-electron chi connectivity index (χ2n) is 4.50. The van der Waals surface area contributed by atoms with E-state index in [1.54, 1.807) is 0 Å². The third-order valence-electron chi connectivity index (χ3n) is 3.08. The topological polar surface area (TPSA) is 73.9 Å². The van der Waals surface area contributed by atoms with E-state index >= 15 is 0 Å². The fourth-order valence-corrected chi connectivity index (χ4v) is 1.83. The Morgan fingerprint density at radius 1 is 1.35 bits per heavy atom. The maximum Gasteiger partial charge on any atom is 0.408 e. The predicted octanol–water partition coefficient (Wildman–Crippen LogP) is 1.10. The largest absolute Gasteiger partial charge is 0.467 e. The molecule has 1 atom stereocenters. The number of amides is 1. The molecule has 108 valence electrons. The fourth-order valence-electron chi connectivity index (χ4n) is 1.83. The normalized spacial score (nSPS) is 15.8. The van der Waals surface area contributed by atoms with Crippen LogP contribution in [0.5, 0.6) is 0 Å². The lowest BCUT2D eigenvalue weighted by atomic mass is 9.98. The minimum absolute atomic E-state index is 0.0632. The molecule has 0 aromatic heterocycles. The summed E-state index contributed by atoms with van der Waals surface area (Å²) in [5.74, 6) is -0.554. The molecule has 2 rings (SSSR count). The number of rotatable bonds is 5. The van der Waals surface area contributed by atoms with Gasteiger partial charge in [-0.25, -0.2) is 9.59 Å². The Kier molecular flexibility index (Phi) is 4.95. The van der Waals surface area contributed by atoms with E-state index in [0.29, 0.717) is 13.2 Å². The number of esters is 1. The summed E-state index contributed by atoms with van der Waals surface area (Å²) in [5.41, 5.74) is 0.879. The molecule has 1 fully saturated rings. The van der Waals surface area contributed by atoms with Crippen LogP contribution in [0.25, 0.3) is 0 Å². The second-order valence-corrected chi connectivity index (χ2v) is 4.50. The van der Waals surface area contributed by atoms with Gasteiger partial charge in [0.15, 0.2) is 0 Å². The van der Waals surface area contributed by atoms with Gasteiger partial charge >= 0.3 is 12.1 Å². The standard InChI is InChI=1S/C14H17NO5/c1-18-13(16)12(11-8-19-9-11)15-14(17)20-7-10-5-3-2-4-6-10/h2-6,11-12H,7-9H2,1H3,(H,15,17). The van der Waals surface area contributed by atoms with Crippen LogP contribution >= 0.6 is 0 Å². The third-order valence-corrected chi connectivity index (χ3v) is 3.08.